The van der Waals surface area contributed by atoms with Gasteiger partial charge in [-0.2, -0.15) is 4.02 Å². The van der Waals surface area contributed by atoms with Crippen LogP contribution in [-0.2, 0) is 10.2 Å². The molecule has 0 bridgehead atoms. The normalized spacial score (nSPS) is 18.6. The molecular weight excluding hydrogens is 546 g/mol. The third-order valence-corrected chi connectivity index (χ3v) is 7.35. The summed E-state index contributed by atoms with van der Waals surface area (Å²) in [6, 6.07) is 14.1. The van der Waals surface area contributed by atoms with Crippen LogP contribution in [0.3, 0.4) is 0 Å². The number of nitrogens with two attached hydrogens (primary N) is 1. The van der Waals surface area contributed by atoms with Gasteiger partial charge in [0, 0.05) is 30.0 Å². The first-order chi connectivity index (χ1) is 18.1. The fourth-order valence-corrected chi connectivity index (χ4v) is 5.63. The zero-order valence-corrected chi connectivity index (χ0v) is 24.7. The molecule has 1 fully saturated rings. The van der Waals surface area contributed by atoms with Crippen LogP contribution in [0.15, 0.2) is 46.5 Å². The van der Waals surface area contributed by atoms with Crippen molar-refractivity contribution in [2.45, 2.75) is 64.7 Å². The van der Waals surface area contributed by atoms with Crippen LogP contribution in [0.5, 0.6) is 11.5 Å². The number of carbonyl (C=O) groups excluding carboxylic acids is 2. The first kappa shape index (κ1) is 29.7. The fourth-order valence-electron chi connectivity index (χ4n) is 5.18. The van der Waals surface area contributed by atoms with Gasteiger partial charge in [-0.15, -0.1) is 0 Å². The Morgan fingerprint density at radius 1 is 1.18 bits per heavy atom. The monoisotopic (exact) mass is 585 g/mol. The number of likely N-dealkylation sites (tertiary alicyclic amines) is 1. The highest BCUT2D eigenvalue weighted by Crippen LogP contribution is 2.41. The van der Waals surface area contributed by atoms with Gasteiger partial charge in [0.2, 0.25) is 5.91 Å². The maximum absolute atomic E-state index is 13.8. The van der Waals surface area contributed by atoms with Crippen molar-refractivity contribution in [2.75, 3.05) is 26.8 Å². The number of hydrogen-bond acceptors (Lipinski definition) is 5. The van der Waals surface area contributed by atoms with Crippen LogP contribution < -0.4 is 15.2 Å². The Labute approximate surface area is 235 Å². The van der Waals surface area contributed by atoms with Crippen molar-refractivity contribution in [3.63, 3.8) is 0 Å². The predicted molar refractivity (Wildman–Crippen MR) is 155 cm³/mol. The molecule has 3 rings (SSSR count). The van der Waals surface area contributed by atoms with Crippen molar-refractivity contribution in [3.05, 3.63) is 59.2 Å². The molecule has 0 aliphatic carbocycles. The summed E-state index contributed by atoms with van der Waals surface area (Å²) in [4.78, 5) is 27.0. The largest absolute Gasteiger partial charge is 0.493 e. The number of carbonyl (C=O) groups is 2. The summed E-state index contributed by atoms with van der Waals surface area (Å²) >= 11 is 3.36. The van der Waals surface area contributed by atoms with Gasteiger partial charge in [0.25, 0.3) is 0 Å². The van der Waals surface area contributed by atoms with Crippen molar-refractivity contribution < 1.29 is 19.1 Å². The molecule has 1 aliphatic rings. The second-order valence-electron chi connectivity index (χ2n) is 10.9. The van der Waals surface area contributed by atoms with E-state index in [9.17, 15) is 9.59 Å². The fraction of sp³-hybridized carbons (Fsp3) is 0.500. The first-order valence-electron chi connectivity index (χ1n) is 13.3. The van der Waals surface area contributed by atoms with E-state index in [-0.39, 0.29) is 36.0 Å². The number of nitrogens with zero attached hydrogens (tertiary/aromatic N) is 2. The average molecular weight is 587 g/mol. The summed E-state index contributed by atoms with van der Waals surface area (Å²) in [6.45, 7) is 9.69. The van der Waals surface area contributed by atoms with Crippen LogP contribution in [0, 0.1) is 5.92 Å². The zero-order chi connectivity index (χ0) is 27.9. The molecule has 1 amide bonds. The molecule has 8 heteroatoms. The SMILES string of the molecule is CCC[C@H]1CN(CC(=O)c2cc(OCCCC(N)=O)c(OC)c(C(C)(C)C)c2)C(=NBr)[C@@H]1c1ccccc1. The van der Waals surface area contributed by atoms with Gasteiger partial charge in [0.05, 0.1) is 36.4 Å². The molecule has 0 radical (unpaired) electrons. The molecule has 7 nitrogen and oxygen atoms in total. The molecule has 1 heterocycles. The van der Waals surface area contributed by atoms with Gasteiger partial charge in [-0.3, -0.25) is 9.59 Å². The molecule has 2 aromatic rings. The minimum Gasteiger partial charge on any atom is -0.493 e. The van der Waals surface area contributed by atoms with Crippen molar-refractivity contribution in [1.29, 1.82) is 0 Å². The van der Waals surface area contributed by atoms with Crippen molar-refractivity contribution >= 4 is 33.7 Å². The number of benzene rings is 2. The Morgan fingerprint density at radius 3 is 2.47 bits per heavy atom. The van der Waals surface area contributed by atoms with Gasteiger partial charge < -0.3 is 20.1 Å². The van der Waals surface area contributed by atoms with Crippen molar-refractivity contribution in [1.82, 2.24) is 4.90 Å². The Kier molecular flexibility index (Phi) is 10.4. The summed E-state index contributed by atoms with van der Waals surface area (Å²) in [5.74, 6) is 2.10. The van der Waals surface area contributed by atoms with E-state index in [1.807, 2.05) is 24.3 Å². The van der Waals surface area contributed by atoms with E-state index in [1.54, 1.807) is 13.2 Å². The summed E-state index contributed by atoms with van der Waals surface area (Å²) < 4.78 is 16.2. The lowest BCUT2D eigenvalue weighted by atomic mass is 9.84. The van der Waals surface area contributed by atoms with E-state index in [4.69, 9.17) is 15.2 Å². The number of amidine groups is 1. The number of hydrogen-bond donors (Lipinski definition) is 1. The summed E-state index contributed by atoms with van der Waals surface area (Å²) in [6.07, 6.45) is 2.84. The number of ether oxygens (including phenoxy) is 2. The Bertz CT molecular complexity index is 1140. The van der Waals surface area contributed by atoms with Crippen LogP contribution in [-0.4, -0.2) is 49.2 Å². The molecule has 0 unspecified atom stereocenters. The topological polar surface area (TPSA) is 94.2 Å². The third kappa shape index (κ3) is 7.16. The van der Waals surface area contributed by atoms with E-state index in [2.05, 4.69) is 64.9 Å². The minimum absolute atomic E-state index is 0.0160. The number of amides is 1. The minimum atomic E-state index is -0.370. The average Bonchev–Trinajstić information content (AvgIpc) is 3.22. The Balaban J connectivity index is 1.91. The first-order valence-corrected chi connectivity index (χ1v) is 14.0. The van der Waals surface area contributed by atoms with Crippen LogP contribution in [0.4, 0.5) is 0 Å². The maximum atomic E-state index is 13.8. The number of primary amides is 1. The van der Waals surface area contributed by atoms with Crippen LogP contribution in [0.1, 0.15) is 80.8 Å². The lowest BCUT2D eigenvalue weighted by molar-refractivity contribution is -0.118. The molecular formula is C30H40BrN3O4. The van der Waals surface area contributed by atoms with Gasteiger partial charge in [0.1, 0.15) is 5.84 Å². The number of methoxy groups -OCH3 is 1. The van der Waals surface area contributed by atoms with Gasteiger partial charge in [-0.05, 0) is 41.9 Å². The highest BCUT2D eigenvalue weighted by molar-refractivity contribution is 9.08. The molecule has 206 valence electrons. The van der Waals surface area contributed by atoms with Gasteiger partial charge in [-0.25, -0.2) is 0 Å². The smallest absolute Gasteiger partial charge is 0.217 e. The predicted octanol–water partition coefficient (Wildman–Crippen LogP) is 6.04. The Morgan fingerprint density at radius 2 is 1.89 bits per heavy atom. The van der Waals surface area contributed by atoms with Crippen LogP contribution >= 0.6 is 16.1 Å². The quantitative estimate of drug-likeness (QED) is 0.242. The van der Waals surface area contributed by atoms with Gasteiger partial charge in [-0.1, -0.05) is 64.4 Å². The molecule has 0 spiro atoms. The van der Waals surface area contributed by atoms with Crippen LogP contribution in [0.25, 0.3) is 0 Å². The zero-order valence-electron chi connectivity index (χ0n) is 23.1. The number of rotatable bonds is 12. The van der Waals surface area contributed by atoms with Gasteiger partial charge >= 0.3 is 0 Å². The number of Topliss-reactive ketones (excluding diaryl/α,β-unsaturated/α-hetero) is 1. The molecule has 38 heavy (non-hydrogen) atoms. The Hall–Kier alpha value is -2.87. The molecule has 0 saturated carbocycles. The molecule has 2 aromatic carbocycles. The molecule has 0 aromatic heterocycles. The molecule has 2 N–H and O–H groups in total. The van der Waals surface area contributed by atoms with Gasteiger partial charge in [0.15, 0.2) is 17.3 Å². The highest BCUT2D eigenvalue weighted by Gasteiger charge is 2.39. The summed E-state index contributed by atoms with van der Waals surface area (Å²) in [5, 5.41) is 0. The molecule has 1 aliphatic heterocycles. The maximum Gasteiger partial charge on any atom is 0.217 e. The summed E-state index contributed by atoms with van der Waals surface area (Å²) in [5.41, 5.74) is 7.64. The van der Waals surface area contributed by atoms with E-state index < -0.39 is 0 Å². The molecule has 1 saturated heterocycles. The second kappa shape index (κ2) is 13.3. The standard InChI is InChI=1S/C30H40BrN3O4/c1-6-11-21-18-34(29(33-31)27(21)20-12-8-7-9-13-20)19-24(35)22-16-23(30(2,3)4)28(37-5)25(17-22)38-15-10-14-26(32)36/h7-9,12-13,16-17,21,27H,6,10-11,14-15,18-19H2,1-5H3,(H2,32,36)/t21-,27+/m0/s1. The van der Waals surface area contributed by atoms with Crippen molar-refractivity contribution in [3.8, 4) is 11.5 Å². The van der Waals surface area contributed by atoms with Crippen molar-refractivity contribution in [2.24, 2.45) is 15.7 Å². The summed E-state index contributed by atoms with van der Waals surface area (Å²) in [7, 11) is 1.60. The van der Waals surface area contributed by atoms with E-state index in [0.29, 0.717) is 36.0 Å². The van der Waals surface area contributed by atoms with E-state index in [0.717, 1.165) is 30.8 Å². The number of halogens is 1. The highest BCUT2D eigenvalue weighted by atomic mass is 79.9. The third-order valence-electron chi connectivity index (χ3n) is 6.98. The second-order valence-corrected chi connectivity index (χ2v) is 11.3. The lowest BCUT2D eigenvalue weighted by Gasteiger charge is -2.25. The van der Waals surface area contributed by atoms with Crippen LogP contribution in [0.2, 0.25) is 0 Å². The molecule has 2 atom stereocenters. The lowest BCUT2D eigenvalue weighted by Crippen LogP contribution is -2.32. The van der Waals surface area contributed by atoms with E-state index in [1.165, 1.54) is 5.56 Å². The van der Waals surface area contributed by atoms with E-state index >= 15 is 0 Å². The number of ketones is 1.